The first kappa shape index (κ1) is 25.2. The zero-order valence-corrected chi connectivity index (χ0v) is 20.4. The van der Waals surface area contributed by atoms with E-state index in [0.717, 1.165) is 5.56 Å². The predicted molar refractivity (Wildman–Crippen MR) is 134 cm³/mol. The molecule has 12 heteroatoms. The summed E-state index contributed by atoms with van der Waals surface area (Å²) in [5, 5.41) is 13.7. The number of likely N-dealkylation sites (tertiary alicyclic amines) is 1. The molecule has 0 unspecified atom stereocenters. The van der Waals surface area contributed by atoms with Gasteiger partial charge >= 0.3 is 10.2 Å². The van der Waals surface area contributed by atoms with Crippen LogP contribution in [0.1, 0.15) is 48.1 Å². The van der Waals surface area contributed by atoms with Crippen LogP contribution < -0.4 is 10.0 Å². The van der Waals surface area contributed by atoms with Crippen LogP contribution in [0.25, 0.3) is 0 Å². The van der Waals surface area contributed by atoms with Gasteiger partial charge in [-0.2, -0.15) is 8.42 Å². The van der Waals surface area contributed by atoms with Crippen LogP contribution in [0.3, 0.4) is 0 Å². The SMILES string of the molecule is CC[C@@H](N=C1NS(=O)(=O)N=C1Nc1cccc(C(=O)N2CCC[C@@H](OC=O)C2)c1O)c1ccccc1. The zero-order valence-electron chi connectivity index (χ0n) is 19.6. The van der Waals surface area contributed by atoms with E-state index in [-0.39, 0.29) is 41.3 Å². The van der Waals surface area contributed by atoms with Crippen LogP contribution in [0, 0.1) is 0 Å². The molecule has 2 aliphatic heterocycles. The Bertz CT molecular complexity index is 1300. The molecular weight excluding hydrogens is 486 g/mol. The minimum atomic E-state index is -4.02. The first-order valence-corrected chi connectivity index (χ1v) is 13.0. The number of amides is 1. The van der Waals surface area contributed by atoms with Gasteiger partial charge in [0.1, 0.15) is 6.10 Å². The first-order chi connectivity index (χ1) is 17.3. The van der Waals surface area contributed by atoms with Crippen LogP contribution >= 0.6 is 0 Å². The van der Waals surface area contributed by atoms with Crippen LogP contribution in [0.4, 0.5) is 5.69 Å². The Morgan fingerprint density at radius 1 is 1.31 bits per heavy atom. The van der Waals surface area contributed by atoms with Crippen molar-refractivity contribution in [1.82, 2.24) is 9.62 Å². The molecule has 190 valence electrons. The van der Waals surface area contributed by atoms with Crippen LogP contribution in [0.15, 0.2) is 57.9 Å². The number of anilines is 1. The smallest absolute Gasteiger partial charge is 0.345 e. The maximum absolute atomic E-state index is 13.1. The number of aromatic hydroxyl groups is 1. The monoisotopic (exact) mass is 513 g/mol. The van der Waals surface area contributed by atoms with Crippen molar-refractivity contribution in [3.63, 3.8) is 0 Å². The third kappa shape index (κ3) is 5.65. The topological polar surface area (TPSA) is 150 Å². The second-order valence-electron chi connectivity index (χ2n) is 8.40. The number of piperidine rings is 1. The zero-order chi connectivity index (χ0) is 25.7. The van der Waals surface area contributed by atoms with E-state index in [4.69, 9.17) is 4.74 Å². The minimum Gasteiger partial charge on any atom is -0.505 e. The van der Waals surface area contributed by atoms with Crippen molar-refractivity contribution in [3.05, 3.63) is 59.7 Å². The number of rotatable bonds is 7. The number of hydrogen-bond acceptors (Lipinski definition) is 8. The fourth-order valence-corrected chi connectivity index (χ4v) is 5.00. The van der Waals surface area contributed by atoms with Crippen LogP contribution in [0.5, 0.6) is 5.75 Å². The van der Waals surface area contributed by atoms with Gasteiger partial charge in [0.25, 0.3) is 12.4 Å². The number of hydrogen-bond donors (Lipinski definition) is 3. The molecule has 0 bridgehead atoms. The van der Waals surface area contributed by atoms with Gasteiger partial charge in [-0.25, -0.2) is 4.72 Å². The highest BCUT2D eigenvalue weighted by Gasteiger charge is 2.30. The lowest BCUT2D eigenvalue weighted by Gasteiger charge is -2.31. The largest absolute Gasteiger partial charge is 0.505 e. The minimum absolute atomic E-state index is 0.00622. The third-order valence-electron chi connectivity index (χ3n) is 5.95. The van der Waals surface area contributed by atoms with Crippen molar-refractivity contribution in [3.8, 4) is 5.75 Å². The van der Waals surface area contributed by atoms with E-state index >= 15 is 0 Å². The molecule has 0 spiro atoms. The van der Waals surface area contributed by atoms with Crippen molar-refractivity contribution in [2.75, 3.05) is 18.4 Å². The van der Waals surface area contributed by atoms with Crippen molar-refractivity contribution >= 4 is 39.9 Å². The molecule has 0 aromatic heterocycles. The maximum Gasteiger partial charge on any atom is 0.345 e. The van der Waals surface area contributed by atoms with Gasteiger partial charge in [0.15, 0.2) is 17.4 Å². The van der Waals surface area contributed by atoms with Gasteiger partial charge in [0.2, 0.25) is 0 Å². The molecule has 2 aliphatic rings. The lowest BCUT2D eigenvalue weighted by atomic mass is 10.1. The first-order valence-electron chi connectivity index (χ1n) is 11.5. The summed E-state index contributed by atoms with van der Waals surface area (Å²) in [6, 6.07) is 13.6. The summed E-state index contributed by atoms with van der Waals surface area (Å²) in [5.41, 5.74) is 1.03. The van der Waals surface area contributed by atoms with Gasteiger partial charge in [-0.15, -0.1) is 4.40 Å². The normalized spacial score (nSPS) is 20.8. The second-order valence-corrected chi connectivity index (χ2v) is 9.74. The number of benzene rings is 2. The standard InChI is InChI=1S/C24H27N5O6S/c1-2-19(16-8-4-3-5-9-16)25-22-23(28-36(33,34)27-22)26-20-12-6-11-18(21(20)31)24(32)29-13-7-10-17(14-29)35-15-30/h3-6,8-9,11-12,15,17,19,31H,2,7,10,13-14H2,1H3,(H,25,27)(H,26,28)/t17-,19-/m1/s1. The number of para-hydroxylation sites is 1. The van der Waals surface area contributed by atoms with Crippen molar-refractivity contribution < 1.29 is 27.9 Å². The molecule has 2 aromatic carbocycles. The van der Waals surface area contributed by atoms with E-state index in [1.165, 1.54) is 17.0 Å². The van der Waals surface area contributed by atoms with Gasteiger partial charge < -0.3 is 20.1 Å². The van der Waals surface area contributed by atoms with Crippen molar-refractivity contribution in [2.24, 2.45) is 9.39 Å². The summed E-state index contributed by atoms with van der Waals surface area (Å²) in [5.74, 6) is -0.880. The molecular formula is C24H27N5O6S. The van der Waals surface area contributed by atoms with Gasteiger partial charge in [-0.1, -0.05) is 43.3 Å². The van der Waals surface area contributed by atoms with Gasteiger partial charge in [0, 0.05) is 6.54 Å². The quantitative estimate of drug-likeness (QED) is 0.380. The van der Waals surface area contributed by atoms with Gasteiger partial charge in [-0.05, 0) is 37.0 Å². The Kier molecular flexibility index (Phi) is 7.53. The summed E-state index contributed by atoms with van der Waals surface area (Å²) in [6.07, 6.45) is 1.52. The number of phenols is 1. The van der Waals surface area contributed by atoms with E-state index in [2.05, 4.69) is 19.4 Å². The Balaban J connectivity index is 1.59. The highest BCUT2D eigenvalue weighted by Crippen LogP contribution is 2.30. The predicted octanol–water partition coefficient (Wildman–Crippen LogP) is 2.38. The molecule has 1 fully saturated rings. The number of amidine groups is 2. The molecule has 3 N–H and O–H groups in total. The highest BCUT2D eigenvalue weighted by atomic mass is 32.2. The van der Waals surface area contributed by atoms with Crippen LogP contribution in [0.2, 0.25) is 0 Å². The average molecular weight is 514 g/mol. The summed E-state index contributed by atoms with van der Waals surface area (Å²) in [6.45, 7) is 2.98. The van der Waals surface area contributed by atoms with Crippen molar-refractivity contribution in [2.45, 2.75) is 38.3 Å². The molecule has 2 heterocycles. The Morgan fingerprint density at radius 3 is 2.81 bits per heavy atom. The molecule has 36 heavy (non-hydrogen) atoms. The third-order valence-corrected chi connectivity index (χ3v) is 6.82. The van der Waals surface area contributed by atoms with E-state index in [0.29, 0.717) is 32.3 Å². The fraction of sp³-hybridized carbons (Fsp3) is 0.333. The summed E-state index contributed by atoms with van der Waals surface area (Å²) >= 11 is 0. The van der Waals surface area contributed by atoms with Gasteiger partial charge in [0.05, 0.1) is 23.8 Å². The Labute approximate surface area is 209 Å². The van der Waals surface area contributed by atoms with E-state index < -0.39 is 22.2 Å². The number of carbonyl (C=O) groups is 2. The molecule has 1 amide bonds. The van der Waals surface area contributed by atoms with E-state index in [1.54, 1.807) is 6.07 Å². The van der Waals surface area contributed by atoms with E-state index in [9.17, 15) is 23.1 Å². The number of phenolic OH excluding ortho intramolecular Hbond substituents is 1. The number of nitrogens with zero attached hydrogens (tertiary/aromatic N) is 3. The average Bonchev–Trinajstić information content (AvgIpc) is 3.16. The number of carbonyl (C=O) groups excluding carboxylic acids is 2. The maximum atomic E-state index is 13.1. The summed E-state index contributed by atoms with van der Waals surface area (Å²) in [4.78, 5) is 29.8. The number of ether oxygens (including phenoxy) is 1. The number of aliphatic imine (C=N–C) groups is 1. The lowest BCUT2D eigenvalue weighted by molar-refractivity contribution is -0.135. The molecule has 11 nitrogen and oxygen atoms in total. The Hall–Kier alpha value is -3.93. The molecule has 0 saturated carbocycles. The van der Waals surface area contributed by atoms with Crippen LogP contribution in [-0.2, 0) is 19.7 Å². The fourth-order valence-electron chi connectivity index (χ4n) is 4.19. The molecule has 2 atom stereocenters. The molecule has 2 aromatic rings. The second kappa shape index (κ2) is 10.8. The molecule has 0 aliphatic carbocycles. The van der Waals surface area contributed by atoms with Crippen LogP contribution in [-0.4, -0.2) is 61.7 Å². The van der Waals surface area contributed by atoms with Crippen molar-refractivity contribution in [1.29, 1.82) is 0 Å². The lowest BCUT2D eigenvalue weighted by Crippen LogP contribution is -2.43. The molecule has 0 radical (unpaired) electrons. The van der Waals surface area contributed by atoms with Gasteiger partial charge in [-0.3, -0.25) is 14.6 Å². The number of nitrogens with one attached hydrogen (secondary N) is 2. The summed E-state index contributed by atoms with van der Waals surface area (Å²) in [7, 11) is -4.02. The van der Waals surface area contributed by atoms with E-state index in [1.807, 2.05) is 37.3 Å². The molecule has 1 saturated heterocycles. The molecule has 4 rings (SSSR count). The highest BCUT2D eigenvalue weighted by molar-refractivity contribution is 7.89. The summed E-state index contributed by atoms with van der Waals surface area (Å²) < 4.78 is 35.5. The Morgan fingerprint density at radius 2 is 2.08 bits per heavy atom.